The Morgan fingerprint density at radius 2 is 1.63 bits per heavy atom. The van der Waals surface area contributed by atoms with Gasteiger partial charge in [0.1, 0.15) is 12.4 Å². The predicted octanol–water partition coefficient (Wildman–Crippen LogP) is 3.38. The summed E-state index contributed by atoms with van der Waals surface area (Å²) < 4.78 is 5.98. The van der Waals surface area contributed by atoms with Crippen molar-refractivity contribution >= 4 is 0 Å². The van der Waals surface area contributed by atoms with Crippen molar-refractivity contribution in [3.8, 4) is 5.75 Å². The summed E-state index contributed by atoms with van der Waals surface area (Å²) in [6.07, 6.45) is 0.850. The molecular formula is C17H21NO. The molecule has 0 amide bonds. The van der Waals surface area contributed by atoms with Crippen LogP contribution in [0.2, 0.25) is 0 Å². The predicted molar refractivity (Wildman–Crippen MR) is 79.4 cm³/mol. The molecule has 0 unspecified atom stereocenters. The molecule has 19 heavy (non-hydrogen) atoms. The number of nitrogens with two attached hydrogens (primary N) is 1. The van der Waals surface area contributed by atoms with Crippen LogP contribution in [0.15, 0.2) is 42.5 Å². The molecule has 0 spiro atoms. The average molecular weight is 255 g/mol. The highest BCUT2D eigenvalue weighted by atomic mass is 16.5. The number of hydrogen-bond acceptors (Lipinski definition) is 2. The lowest BCUT2D eigenvalue weighted by molar-refractivity contribution is 0.301. The zero-order valence-corrected chi connectivity index (χ0v) is 11.6. The highest BCUT2D eigenvalue weighted by Gasteiger charge is 2.06. The van der Waals surface area contributed by atoms with Gasteiger partial charge in [-0.25, -0.2) is 0 Å². The highest BCUT2D eigenvalue weighted by molar-refractivity contribution is 5.36. The quantitative estimate of drug-likeness (QED) is 0.889. The van der Waals surface area contributed by atoms with E-state index < -0.39 is 0 Å². The summed E-state index contributed by atoms with van der Waals surface area (Å²) in [5.74, 6) is 0.940. The molecular weight excluding hydrogens is 234 g/mol. The van der Waals surface area contributed by atoms with Gasteiger partial charge in [-0.3, -0.25) is 0 Å². The third-order valence-corrected chi connectivity index (χ3v) is 3.40. The Balaban J connectivity index is 2.15. The maximum Gasteiger partial charge on any atom is 0.123 e. The normalized spacial score (nSPS) is 10.5. The van der Waals surface area contributed by atoms with Gasteiger partial charge >= 0.3 is 0 Å². The van der Waals surface area contributed by atoms with Crippen LogP contribution in [0.5, 0.6) is 5.75 Å². The Bertz CT molecular complexity index is 528. The Labute approximate surface area is 115 Å². The fourth-order valence-corrected chi connectivity index (χ4v) is 2.23. The van der Waals surface area contributed by atoms with Crippen LogP contribution in [-0.4, -0.2) is 6.54 Å². The molecule has 0 aromatic heterocycles. The maximum atomic E-state index is 5.98. The van der Waals surface area contributed by atoms with Crippen LogP contribution in [0.3, 0.4) is 0 Å². The Hall–Kier alpha value is -1.80. The molecule has 2 N–H and O–H groups in total. The minimum Gasteiger partial charge on any atom is -0.489 e. The van der Waals surface area contributed by atoms with Crippen LogP contribution in [0, 0.1) is 13.8 Å². The standard InChI is InChI=1S/C17H21NO/c1-13-6-5-7-14(2)16(13)12-19-17-9-4-3-8-15(17)10-11-18/h3-9H,10-12,18H2,1-2H3. The molecule has 0 atom stereocenters. The van der Waals surface area contributed by atoms with Gasteiger partial charge in [0, 0.05) is 0 Å². The summed E-state index contributed by atoms with van der Waals surface area (Å²) in [5, 5.41) is 0. The molecule has 0 fully saturated rings. The van der Waals surface area contributed by atoms with Gasteiger partial charge in [0.2, 0.25) is 0 Å². The van der Waals surface area contributed by atoms with Crippen molar-refractivity contribution in [2.45, 2.75) is 26.9 Å². The second-order valence-electron chi connectivity index (χ2n) is 4.81. The first-order valence-corrected chi connectivity index (χ1v) is 6.68. The van der Waals surface area contributed by atoms with Crippen molar-refractivity contribution < 1.29 is 4.74 Å². The molecule has 0 radical (unpaired) electrons. The number of ether oxygens (including phenoxy) is 1. The first-order chi connectivity index (χ1) is 9.22. The minimum absolute atomic E-state index is 0.611. The summed E-state index contributed by atoms with van der Waals surface area (Å²) in [5.41, 5.74) is 10.6. The van der Waals surface area contributed by atoms with E-state index in [0.29, 0.717) is 13.2 Å². The number of benzene rings is 2. The second kappa shape index (κ2) is 6.39. The lowest BCUT2D eigenvalue weighted by Crippen LogP contribution is -2.06. The summed E-state index contributed by atoms with van der Waals surface area (Å²) in [4.78, 5) is 0. The summed E-state index contributed by atoms with van der Waals surface area (Å²) >= 11 is 0. The van der Waals surface area contributed by atoms with E-state index in [4.69, 9.17) is 10.5 Å². The minimum atomic E-state index is 0.611. The van der Waals surface area contributed by atoms with Crippen molar-refractivity contribution in [3.63, 3.8) is 0 Å². The van der Waals surface area contributed by atoms with Gasteiger partial charge in [-0.05, 0) is 55.1 Å². The lowest BCUT2D eigenvalue weighted by Gasteiger charge is -2.14. The van der Waals surface area contributed by atoms with Crippen molar-refractivity contribution in [1.29, 1.82) is 0 Å². The molecule has 0 saturated carbocycles. The van der Waals surface area contributed by atoms with Gasteiger partial charge < -0.3 is 10.5 Å². The topological polar surface area (TPSA) is 35.2 Å². The van der Waals surface area contributed by atoms with E-state index in [9.17, 15) is 0 Å². The number of para-hydroxylation sites is 1. The molecule has 0 saturated heterocycles. The van der Waals surface area contributed by atoms with Gasteiger partial charge in [0.25, 0.3) is 0 Å². The number of aryl methyl sites for hydroxylation is 2. The molecule has 2 nitrogen and oxygen atoms in total. The molecule has 0 aliphatic rings. The molecule has 2 heteroatoms. The maximum absolute atomic E-state index is 5.98. The van der Waals surface area contributed by atoms with Gasteiger partial charge in [0.15, 0.2) is 0 Å². The molecule has 2 rings (SSSR count). The van der Waals surface area contributed by atoms with Gasteiger partial charge in [-0.1, -0.05) is 36.4 Å². The Kier molecular flexibility index (Phi) is 4.58. The van der Waals surface area contributed by atoms with Crippen LogP contribution < -0.4 is 10.5 Å². The van der Waals surface area contributed by atoms with Gasteiger partial charge in [-0.2, -0.15) is 0 Å². The fourth-order valence-electron chi connectivity index (χ4n) is 2.23. The fraction of sp³-hybridized carbons (Fsp3) is 0.294. The number of hydrogen-bond donors (Lipinski definition) is 1. The van der Waals surface area contributed by atoms with Gasteiger partial charge in [0.05, 0.1) is 0 Å². The Morgan fingerprint density at radius 3 is 2.32 bits per heavy atom. The SMILES string of the molecule is Cc1cccc(C)c1COc1ccccc1CCN. The Morgan fingerprint density at radius 1 is 0.947 bits per heavy atom. The molecule has 2 aromatic rings. The third-order valence-electron chi connectivity index (χ3n) is 3.40. The van der Waals surface area contributed by atoms with Crippen LogP contribution in [-0.2, 0) is 13.0 Å². The summed E-state index contributed by atoms with van der Waals surface area (Å²) in [7, 11) is 0. The van der Waals surface area contributed by atoms with Crippen LogP contribution in [0.25, 0.3) is 0 Å². The van der Waals surface area contributed by atoms with Crippen LogP contribution >= 0.6 is 0 Å². The van der Waals surface area contributed by atoms with Crippen molar-refractivity contribution in [1.82, 2.24) is 0 Å². The van der Waals surface area contributed by atoms with Crippen molar-refractivity contribution in [3.05, 3.63) is 64.7 Å². The second-order valence-corrected chi connectivity index (χ2v) is 4.81. The smallest absolute Gasteiger partial charge is 0.123 e. The van der Waals surface area contributed by atoms with Gasteiger partial charge in [-0.15, -0.1) is 0 Å². The van der Waals surface area contributed by atoms with E-state index in [-0.39, 0.29) is 0 Å². The highest BCUT2D eigenvalue weighted by Crippen LogP contribution is 2.21. The van der Waals surface area contributed by atoms with E-state index in [2.05, 4.69) is 38.1 Å². The first kappa shape index (κ1) is 13.6. The lowest BCUT2D eigenvalue weighted by atomic mass is 10.0. The van der Waals surface area contributed by atoms with E-state index >= 15 is 0 Å². The molecule has 0 aliphatic carbocycles. The molecule has 0 bridgehead atoms. The van der Waals surface area contributed by atoms with Crippen LogP contribution in [0.1, 0.15) is 22.3 Å². The average Bonchev–Trinajstić information content (AvgIpc) is 2.40. The van der Waals surface area contributed by atoms with E-state index in [0.717, 1.165) is 12.2 Å². The van der Waals surface area contributed by atoms with E-state index in [1.54, 1.807) is 0 Å². The molecule has 2 aromatic carbocycles. The largest absolute Gasteiger partial charge is 0.489 e. The zero-order valence-electron chi connectivity index (χ0n) is 11.6. The molecule has 0 heterocycles. The zero-order chi connectivity index (χ0) is 13.7. The molecule has 100 valence electrons. The van der Waals surface area contributed by atoms with Crippen LogP contribution in [0.4, 0.5) is 0 Å². The summed E-state index contributed by atoms with van der Waals surface area (Å²) in [6, 6.07) is 14.4. The monoisotopic (exact) mass is 255 g/mol. The van der Waals surface area contributed by atoms with E-state index in [1.165, 1.54) is 22.3 Å². The third kappa shape index (κ3) is 3.36. The molecule has 0 aliphatic heterocycles. The number of rotatable bonds is 5. The van der Waals surface area contributed by atoms with E-state index in [1.807, 2.05) is 18.2 Å². The first-order valence-electron chi connectivity index (χ1n) is 6.68. The van der Waals surface area contributed by atoms with Crippen molar-refractivity contribution in [2.75, 3.05) is 6.54 Å². The van der Waals surface area contributed by atoms with Crippen molar-refractivity contribution in [2.24, 2.45) is 5.73 Å². The summed E-state index contributed by atoms with van der Waals surface area (Å²) in [6.45, 7) is 5.50.